The number of rotatable bonds is 4. The van der Waals surface area contributed by atoms with Crippen LogP contribution in [-0.2, 0) is 4.79 Å². The smallest absolute Gasteiger partial charge is 0.155 e. The second kappa shape index (κ2) is 6.59. The van der Waals surface area contributed by atoms with E-state index in [9.17, 15) is 9.90 Å². The normalized spacial score (nSPS) is 39.6. The molecule has 2 nitrogen and oxygen atoms in total. The largest absolute Gasteiger partial charge is 0.393 e. The van der Waals surface area contributed by atoms with Gasteiger partial charge in [-0.1, -0.05) is 32.8 Å². The molecule has 0 heterocycles. The molecule has 0 spiro atoms. The molecule has 3 aliphatic carbocycles. The summed E-state index contributed by atoms with van der Waals surface area (Å²) in [7, 11) is 0. The molecule has 0 amide bonds. The first-order chi connectivity index (χ1) is 11.2. The number of hydrogen-bond donors (Lipinski definition) is 1. The summed E-state index contributed by atoms with van der Waals surface area (Å²) in [5.74, 6) is 2.69. The lowest BCUT2D eigenvalue weighted by Gasteiger charge is -2.58. The van der Waals surface area contributed by atoms with Crippen molar-refractivity contribution < 1.29 is 9.90 Å². The molecule has 0 radical (unpaired) electrons. The third-order valence-corrected chi connectivity index (χ3v) is 7.80. The maximum atomic E-state index is 11.9. The minimum absolute atomic E-state index is 0.171. The number of carbonyl (C=O) groups is 1. The first-order valence-corrected chi connectivity index (χ1v) is 10.2. The van der Waals surface area contributed by atoms with E-state index in [1.165, 1.54) is 31.3 Å². The van der Waals surface area contributed by atoms with E-state index in [0.29, 0.717) is 11.2 Å². The quantitative estimate of drug-likeness (QED) is 0.759. The molecule has 4 unspecified atom stereocenters. The molecule has 0 aliphatic heterocycles. The van der Waals surface area contributed by atoms with Gasteiger partial charge in [-0.15, -0.1) is 0 Å². The molecule has 3 rings (SSSR count). The van der Waals surface area contributed by atoms with Crippen LogP contribution in [0, 0.1) is 28.6 Å². The summed E-state index contributed by atoms with van der Waals surface area (Å²) < 4.78 is 0. The number of aliphatic hydroxyl groups excluding tert-OH is 1. The van der Waals surface area contributed by atoms with Gasteiger partial charge in [-0.05, 0) is 86.5 Å². The molecule has 1 N–H and O–H groups in total. The van der Waals surface area contributed by atoms with Crippen molar-refractivity contribution in [2.75, 3.05) is 0 Å². The molecule has 24 heavy (non-hydrogen) atoms. The maximum Gasteiger partial charge on any atom is 0.155 e. The standard InChI is InChI=1S/C22H36O2/c1-15(23)6-5-7-19-18-9-8-16-14-17(24)10-13-22(16,4)20(18)11-12-21(19,2)3/h14-15,18-20,23H,5-13H2,1-4H3/t15?,18?,19?,20?,22-/m0/s1. The average molecular weight is 333 g/mol. The lowest BCUT2D eigenvalue weighted by molar-refractivity contribution is -0.117. The predicted octanol–water partition coefficient (Wildman–Crippen LogP) is 5.30. The van der Waals surface area contributed by atoms with Crippen molar-refractivity contribution in [3.05, 3.63) is 11.6 Å². The number of ketones is 1. The van der Waals surface area contributed by atoms with Crippen LogP contribution in [0.3, 0.4) is 0 Å². The maximum absolute atomic E-state index is 11.9. The molecule has 0 aromatic carbocycles. The van der Waals surface area contributed by atoms with Gasteiger partial charge in [0, 0.05) is 6.42 Å². The molecular weight excluding hydrogens is 296 g/mol. The van der Waals surface area contributed by atoms with Crippen LogP contribution in [0.25, 0.3) is 0 Å². The Morgan fingerprint density at radius 2 is 1.96 bits per heavy atom. The van der Waals surface area contributed by atoms with Gasteiger partial charge in [0.05, 0.1) is 6.10 Å². The zero-order chi connectivity index (χ0) is 17.5. The average Bonchev–Trinajstić information content (AvgIpc) is 2.49. The van der Waals surface area contributed by atoms with Crippen molar-refractivity contribution in [3.63, 3.8) is 0 Å². The Balaban J connectivity index is 1.81. The van der Waals surface area contributed by atoms with Crippen LogP contribution in [0.4, 0.5) is 0 Å². The van der Waals surface area contributed by atoms with Crippen LogP contribution in [0.15, 0.2) is 11.6 Å². The van der Waals surface area contributed by atoms with Gasteiger partial charge in [0.2, 0.25) is 0 Å². The van der Waals surface area contributed by atoms with E-state index in [4.69, 9.17) is 0 Å². The Labute approximate surface area is 148 Å². The highest BCUT2D eigenvalue weighted by Gasteiger charge is 2.53. The van der Waals surface area contributed by atoms with E-state index in [2.05, 4.69) is 20.8 Å². The molecule has 2 fully saturated rings. The fraction of sp³-hybridized carbons (Fsp3) is 0.864. The van der Waals surface area contributed by atoms with Crippen LogP contribution in [0.5, 0.6) is 0 Å². The van der Waals surface area contributed by atoms with Crippen molar-refractivity contribution in [1.82, 2.24) is 0 Å². The molecule has 2 heteroatoms. The fourth-order valence-electron chi connectivity index (χ4n) is 6.30. The molecule has 0 saturated heterocycles. The van der Waals surface area contributed by atoms with Gasteiger partial charge >= 0.3 is 0 Å². The van der Waals surface area contributed by atoms with Crippen LogP contribution in [0.1, 0.15) is 85.5 Å². The Kier molecular flexibility index (Phi) is 4.99. The van der Waals surface area contributed by atoms with E-state index in [1.54, 1.807) is 0 Å². The molecular formula is C22H36O2. The van der Waals surface area contributed by atoms with Crippen molar-refractivity contribution >= 4 is 5.78 Å². The predicted molar refractivity (Wildman–Crippen MR) is 98.7 cm³/mol. The number of hydrogen-bond acceptors (Lipinski definition) is 2. The summed E-state index contributed by atoms with van der Waals surface area (Å²) in [5.41, 5.74) is 2.15. The molecule has 2 saturated carbocycles. The summed E-state index contributed by atoms with van der Waals surface area (Å²) in [4.78, 5) is 11.9. The lowest BCUT2D eigenvalue weighted by Crippen LogP contribution is -2.50. The second-order valence-electron chi connectivity index (χ2n) is 9.78. The molecule has 5 atom stereocenters. The Hall–Kier alpha value is -0.630. The Morgan fingerprint density at radius 3 is 2.67 bits per heavy atom. The highest BCUT2D eigenvalue weighted by molar-refractivity contribution is 5.91. The Morgan fingerprint density at radius 1 is 1.21 bits per heavy atom. The fourth-order valence-corrected chi connectivity index (χ4v) is 6.30. The highest BCUT2D eigenvalue weighted by Crippen LogP contribution is 2.62. The summed E-state index contributed by atoms with van der Waals surface area (Å²) in [6.07, 6.45) is 12.0. The van der Waals surface area contributed by atoms with Gasteiger partial charge in [-0.3, -0.25) is 4.79 Å². The van der Waals surface area contributed by atoms with E-state index in [-0.39, 0.29) is 11.5 Å². The van der Waals surface area contributed by atoms with Crippen LogP contribution in [0.2, 0.25) is 0 Å². The number of fused-ring (bicyclic) bond motifs is 3. The second-order valence-corrected chi connectivity index (χ2v) is 9.78. The summed E-state index contributed by atoms with van der Waals surface area (Å²) in [6, 6.07) is 0. The van der Waals surface area contributed by atoms with Gasteiger partial charge in [0.15, 0.2) is 5.78 Å². The van der Waals surface area contributed by atoms with Gasteiger partial charge in [-0.2, -0.15) is 0 Å². The molecule has 0 aromatic rings. The summed E-state index contributed by atoms with van der Waals surface area (Å²) in [5, 5.41) is 9.63. The van der Waals surface area contributed by atoms with E-state index >= 15 is 0 Å². The molecule has 136 valence electrons. The van der Waals surface area contributed by atoms with Gasteiger partial charge < -0.3 is 5.11 Å². The monoisotopic (exact) mass is 332 g/mol. The highest BCUT2D eigenvalue weighted by atomic mass is 16.3. The van der Waals surface area contributed by atoms with Crippen LogP contribution < -0.4 is 0 Å². The number of carbonyl (C=O) groups excluding carboxylic acids is 1. The number of allylic oxidation sites excluding steroid dienone is 2. The third-order valence-electron chi connectivity index (χ3n) is 7.80. The lowest BCUT2D eigenvalue weighted by atomic mass is 9.47. The topological polar surface area (TPSA) is 37.3 Å². The molecule has 3 aliphatic rings. The third kappa shape index (κ3) is 3.23. The molecule has 0 bridgehead atoms. The first-order valence-electron chi connectivity index (χ1n) is 10.2. The van der Waals surface area contributed by atoms with Gasteiger partial charge in [0.1, 0.15) is 0 Å². The van der Waals surface area contributed by atoms with Gasteiger partial charge in [0.25, 0.3) is 0 Å². The molecule has 0 aromatic heterocycles. The van der Waals surface area contributed by atoms with Crippen LogP contribution >= 0.6 is 0 Å². The minimum atomic E-state index is -0.171. The van der Waals surface area contributed by atoms with Crippen LogP contribution in [-0.4, -0.2) is 17.0 Å². The Bertz CT molecular complexity index is 516. The van der Waals surface area contributed by atoms with E-state index in [1.807, 2.05) is 13.0 Å². The van der Waals surface area contributed by atoms with Crippen molar-refractivity contribution in [2.24, 2.45) is 28.6 Å². The van der Waals surface area contributed by atoms with Crippen molar-refractivity contribution in [3.8, 4) is 0 Å². The van der Waals surface area contributed by atoms with E-state index in [0.717, 1.165) is 49.9 Å². The first kappa shape index (κ1) is 18.2. The van der Waals surface area contributed by atoms with Crippen molar-refractivity contribution in [2.45, 2.75) is 91.6 Å². The van der Waals surface area contributed by atoms with E-state index < -0.39 is 0 Å². The minimum Gasteiger partial charge on any atom is -0.393 e. The summed E-state index contributed by atoms with van der Waals surface area (Å²) >= 11 is 0. The zero-order valence-corrected chi connectivity index (χ0v) is 16.1. The van der Waals surface area contributed by atoms with Crippen molar-refractivity contribution in [1.29, 1.82) is 0 Å². The summed E-state index contributed by atoms with van der Waals surface area (Å²) in [6.45, 7) is 9.29. The van der Waals surface area contributed by atoms with Gasteiger partial charge in [-0.25, -0.2) is 0 Å². The number of aliphatic hydroxyl groups is 1. The SMILES string of the molecule is CC(O)CCCC1C2CCC3=CC(=O)CC[C@]3(C)C2CCC1(C)C. The zero-order valence-electron chi connectivity index (χ0n) is 16.1.